The molecule has 4 rings (SSSR count). The molecular weight excluding hydrogens is 356 g/mol. The first-order valence-corrected chi connectivity index (χ1v) is 8.71. The molecule has 2 amide bonds. The molecule has 0 bridgehead atoms. The SMILES string of the molecule is COc1ccc(C(=O)Nc2ccc3c(c2)C(=O)N(C)c2ccccc2O3)cc1. The third-order valence-electron chi connectivity index (χ3n) is 4.57. The summed E-state index contributed by atoms with van der Waals surface area (Å²) in [6.07, 6.45) is 0. The number of para-hydroxylation sites is 2. The first-order chi connectivity index (χ1) is 13.6. The fourth-order valence-corrected chi connectivity index (χ4v) is 3.04. The Morgan fingerprint density at radius 1 is 1.00 bits per heavy atom. The fraction of sp³-hybridized carbons (Fsp3) is 0.0909. The monoisotopic (exact) mass is 374 g/mol. The average molecular weight is 374 g/mol. The Kier molecular flexibility index (Phi) is 4.45. The highest BCUT2D eigenvalue weighted by molar-refractivity contribution is 6.11. The predicted octanol–water partition coefficient (Wildman–Crippen LogP) is 4.33. The number of ether oxygens (including phenoxy) is 2. The van der Waals surface area contributed by atoms with Crippen LogP contribution in [0.5, 0.6) is 17.2 Å². The third-order valence-corrected chi connectivity index (χ3v) is 4.57. The molecule has 0 saturated carbocycles. The van der Waals surface area contributed by atoms with E-state index in [0.717, 1.165) is 0 Å². The lowest BCUT2D eigenvalue weighted by Crippen LogP contribution is -2.25. The highest BCUT2D eigenvalue weighted by atomic mass is 16.5. The number of anilines is 2. The second-order valence-corrected chi connectivity index (χ2v) is 6.33. The molecule has 0 spiro atoms. The highest BCUT2D eigenvalue weighted by Crippen LogP contribution is 2.38. The fourth-order valence-electron chi connectivity index (χ4n) is 3.04. The van der Waals surface area contributed by atoms with Crippen molar-refractivity contribution in [1.29, 1.82) is 0 Å². The maximum absolute atomic E-state index is 12.9. The summed E-state index contributed by atoms with van der Waals surface area (Å²) >= 11 is 0. The van der Waals surface area contributed by atoms with Crippen molar-refractivity contribution in [3.05, 3.63) is 77.9 Å². The number of nitrogens with one attached hydrogen (secondary N) is 1. The van der Waals surface area contributed by atoms with E-state index >= 15 is 0 Å². The van der Waals surface area contributed by atoms with Crippen molar-refractivity contribution in [1.82, 2.24) is 0 Å². The van der Waals surface area contributed by atoms with E-state index in [1.54, 1.807) is 56.6 Å². The minimum absolute atomic E-state index is 0.208. The molecule has 0 unspecified atom stereocenters. The molecule has 0 saturated heterocycles. The Bertz CT molecular complexity index is 1060. The van der Waals surface area contributed by atoms with Gasteiger partial charge in [-0.25, -0.2) is 0 Å². The van der Waals surface area contributed by atoms with Crippen molar-refractivity contribution >= 4 is 23.2 Å². The van der Waals surface area contributed by atoms with E-state index in [0.29, 0.717) is 39.8 Å². The number of methoxy groups -OCH3 is 1. The first kappa shape index (κ1) is 17.6. The molecular formula is C22H18N2O4. The maximum Gasteiger partial charge on any atom is 0.261 e. The molecule has 6 nitrogen and oxygen atoms in total. The number of nitrogens with zero attached hydrogens (tertiary/aromatic N) is 1. The van der Waals surface area contributed by atoms with Crippen molar-refractivity contribution < 1.29 is 19.1 Å². The van der Waals surface area contributed by atoms with Crippen molar-refractivity contribution in [2.75, 3.05) is 24.4 Å². The van der Waals surface area contributed by atoms with Crippen LogP contribution >= 0.6 is 0 Å². The molecule has 3 aromatic rings. The summed E-state index contributed by atoms with van der Waals surface area (Å²) in [6.45, 7) is 0. The number of fused-ring (bicyclic) bond motifs is 2. The van der Waals surface area contributed by atoms with Gasteiger partial charge in [0, 0.05) is 18.3 Å². The molecule has 6 heteroatoms. The van der Waals surface area contributed by atoms with Gasteiger partial charge in [-0.15, -0.1) is 0 Å². The van der Waals surface area contributed by atoms with Gasteiger partial charge in [-0.2, -0.15) is 0 Å². The standard InChI is InChI=1S/C22H18N2O4/c1-24-18-5-3-4-6-20(18)28-19-12-9-15(13-17(19)22(24)26)23-21(25)14-7-10-16(27-2)11-8-14/h3-13H,1-2H3,(H,23,25). The van der Waals surface area contributed by atoms with Crippen molar-refractivity contribution in [2.24, 2.45) is 0 Å². The van der Waals surface area contributed by atoms with Gasteiger partial charge in [0.2, 0.25) is 0 Å². The van der Waals surface area contributed by atoms with Gasteiger partial charge in [0.05, 0.1) is 18.4 Å². The van der Waals surface area contributed by atoms with Crippen LogP contribution in [-0.2, 0) is 0 Å². The number of rotatable bonds is 3. The molecule has 1 N–H and O–H groups in total. The summed E-state index contributed by atoms with van der Waals surface area (Å²) in [5.41, 5.74) is 2.07. The smallest absolute Gasteiger partial charge is 0.261 e. The van der Waals surface area contributed by atoms with E-state index in [1.165, 1.54) is 4.90 Å². The Balaban J connectivity index is 1.62. The van der Waals surface area contributed by atoms with Gasteiger partial charge in [-0.3, -0.25) is 9.59 Å². The van der Waals surface area contributed by atoms with Crippen LogP contribution in [0.3, 0.4) is 0 Å². The zero-order valence-electron chi connectivity index (χ0n) is 15.4. The van der Waals surface area contributed by atoms with Crippen LogP contribution in [0.4, 0.5) is 11.4 Å². The molecule has 1 aliphatic heterocycles. The zero-order valence-corrected chi connectivity index (χ0v) is 15.4. The number of benzene rings is 3. The number of carbonyl (C=O) groups is 2. The summed E-state index contributed by atoms with van der Waals surface area (Å²) in [5.74, 6) is 1.24. The van der Waals surface area contributed by atoms with Crippen LogP contribution < -0.4 is 19.7 Å². The number of hydrogen-bond acceptors (Lipinski definition) is 4. The van der Waals surface area contributed by atoms with E-state index in [4.69, 9.17) is 9.47 Å². The molecule has 0 aromatic heterocycles. The Morgan fingerprint density at radius 2 is 1.75 bits per heavy atom. The molecule has 1 aliphatic rings. The molecule has 0 fully saturated rings. The zero-order chi connectivity index (χ0) is 19.7. The van der Waals surface area contributed by atoms with E-state index in [9.17, 15) is 9.59 Å². The molecule has 28 heavy (non-hydrogen) atoms. The van der Waals surface area contributed by atoms with E-state index in [2.05, 4.69) is 5.32 Å². The van der Waals surface area contributed by atoms with Crippen LogP contribution in [0, 0.1) is 0 Å². The Morgan fingerprint density at radius 3 is 2.50 bits per heavy atom. The minimum atomic E-state index is -0.277. The van der Waals surface area contributed by atoms with Gasteiger partial charge >= 0.3 is 0 Å². The summed E-state index contributed by atoms with van der Waals surface area (Å²) in [4.78, 5) is 26.9. The van der Waals surface area contributed by atoms with E-state index < -0.39 is 0 Å². The van der Waals surface area contributed by atoms with Crippen molar-refractivity contribution in [3.63, 3.8) is 0 Å². The first-order valence-electron chi connectivity index (χ1n) is 8.71. The second kappa shape index (κ2) is 7.08. The molecule has 140 valence electrons. The quantitative estimate of drug-likeness (QED) is 0.741. The molecule has 1 heterocycles. The van der Waals surface area contributed by atoms with Gasteiger partial charge in [0.1, 0.15) is 11.5 Å². The molecule has 3 aromatic carbocycles. The summed E-state index contributed by atoms with van der Waals surface area (Å²) in [5, 5.41) is 2.82. The molecule has 0 aliphatic carbocycles. The van der Waals surface area contributed by atoms with Gasteiger partial charge in [0.25, 0.3) is 11.8 Å². The van der Waals surface area contributed by atoms with Gasteiger partial charge < -0.3 is 19.7 Å². The largest absolute Gasteiger partial charge is 0.497 e. The lowest BCUT2D eigenvalue weighted by molar-refractivity contribution is 0.0990. The van der Waals surface area contributed by atoms with Crippen LogP contribution in [0.2, 0.25) is 0 Å². The van der Waals surface area contributed by atoms with Gasteiger partial charge in [0.15, 0.2) is 5.75 Å². The predicted molar refractivity (Wildman–Crippen MR) is 107 cm³/mol. The average Bonchev–Trinajstić information content (AvgIpc) is 2.83. The van der Waals surface area contributed by atoms with Crippen LogP contribution in [0.25, 0.3) is 0 Å². The molecule has 0 atom stereocenters. The lowest BCUT2D eigenvalue weighted by Gasteiger charge is -2.16. The highest BCUT2D eigenvalue weighted by Gasteiger charge is 2.25. The van der Waals surface area contributed by atoms with Crippen molar-refractivity contribution in [3.8, 4) is 17.2 Å². The van der Waals surface area contributed by atoms with Gasteiger partial charge in [-0.1, -0.05) is 12.1 Å². The Labute approximate surface area is 162 Å². The van der Waals surface area contributed by atoms with E-state index in [1.807, 2.05) is 24.3 Å². The molecule has 0 radical (unpaired) electrons. The normalized spacial score (nSPS) is 12.4. The number of hydrogen-bond donors (Lipinski definition) is 1. The number of amides is 2. The second-order valence-electron chi connectivity index (χ2n) is 6.33. The summed E-state index contributed by atoms with van der Waals surface area (Å²) in [7, 11) is 3.27. The van der Waals surface area contributed by atoms with E-state index in [-0.39, 0.29) is 11.8 Å². The summed E-state index contributed by atoms with van der Waals surface area (Å²) < 4.78 is 11.0. The summed E-state index contributed by atoms with van der Waals surface area (Å²) in [6, 6.07) is 19.2. The maximum atomic E-state index is 12.9. The van der Waals surface area contributed by atoms with Crippen molar-refractivity contribution in [2.45, 2.75) is 0 Å². The van der Waals surface area contributed by atoms with Crippen LogP contribution in [-0.4, -0.2) is 26.0 Å². The lowest BCUT2D eigenvalue weighted by atomic mass is 10.1. The minimum Gasteiger partial charge on any atom is -0.497 e. The topological polar surface area (TPSA) is 67.9 Å². The Hall–Kier alpha value is -3.80. The van der Waals surface area contributed by atoms with Crippen LogP contribution in [0.1, 0.15) is 20.7 Å². The van der Waals surface area contributed by atoms with Crippen LogP contribution in [0.15, 0.2) is 66.7 Å². The number of carbonyl (C=O) groups excluding carboxylic acids is 2. The third kappa shape index (κ3) is 3.16. The van der Waals surface area contributed by atoms with Gasteiger partial charge in [-0.05, 0) is 54.6 Å².